The van der Waals surface area contributed by atoms with Gasteiger partial charge in [0.25, 0.3) is 5.91 Å². The van der Waals surface area contributed by atoms with Crippen LogP contribution in [0, 0.1) is 12.3 Å². The Hall–Kier alpha value is -2.21. The lowest BCUT2D eigenvalue weighted by Gasteiger charge is -2.26. The van der Waals surface area contributed by atoms with Gasteiger partial charge in [0.15, 0.2) is 0 Å². The van der Waals surface area contributed by atoms with Crippen LogP contribution in [-0.2, 0) is 4.79 Å². The summed E-state index contributed by atoms with van der Waals surface area (Å²) in [6.07, 6.45) is 0.929. The number of thiazole rings is 1. The van der Waals surface area contributed by atoms with Crippen molar-refractivity contribution in [3.8, 4) is 11.3 Å². The summed E-state index contributed by atoms with van der Waals surface area (Å²) < 4.78 is 0. The average Bonchev–Trinajstić information content (AvgIpc) is 2.98. The van der Waals surface area contributed by atoms with Gasteiger partial charge < -0.3 is 10.4 Å². The zero-order valence-electron chi connectivity index (χ0n) is 14.1. The van der Waals surface area contributed by atoms with Gasteiger partial charge in [-0.25, -0.2) is 4.98 Å². The number of aromatic nitrogens is 1. The van der Waals surface area contributed by atoms with E-state index in [4.69, 9.17) is 0 Å². The minimum atomic E-state index is -0.928. The van der Waals surface area contributed by atoms with Crippen molar-refractivity contribution in [1.29, 1.82) is 0 Å². The van der Waals surface area contributed by atoms with E-state index in [1.54, 1.807) is 0 Å². The second-order valence-corrected chi connectivity index (χ2v) is 6.96. The molecule has 0 saturated heterocycles. The second-order valence-electron chi connectivity index (χ2n) is 5.75. The molecule has 1 heterocycles. The van der Waals surface area contributed by atoms with Crippen LogP contribution in [0.15, 0.2) is 30.3 Å². The minimum absolute atomic E-state index is 0.110. The highest BCUT2D eigenvalue weighted by atomic mass is 32.1. The summed E-state index contributed by atoms with van der Waals surface area (Å²) in [7, 11) is 0. The summed E-state index contributed by atoms with van der Waals surface area (Å²) in [5.41, 5.74) is 0.592. The van der Waals surface area contributed by atoms with E-state index in [0.717, 1.165) is 10.6 Å². The predicted molar refractivity (Wildman–Crippen MR) is 95.3 cm³/mol. The fourth-order valence-corrected chi connectivity index (χ4v) is 3.44. The van der Waals surface area contributed by atoms with Crippen molar-refractivity contribution in [3.05, 3.63) is 40.2 Å². The number of aryl methyl sites for hydroxylation is 1. The highest BCUT2D eigenvalue weighted by molar-refractivity contribution is 7.14. The summed E-state index contributed by atoms with van der Waals surface area (Å²) in [5.74, 6) is -1.15. The van der Waals surface area contributed by atoms with E-state index in [2.05, 4.69) is 10.3 Å². The van der Waals surface area contributed by atoms with Gasteiger partial charge in [-0.3, -0.25) is 9.59 Å². The van der Waals surface area contributed by atoms with Crippen LogP contribution in [0.3, 0.4) is 0 Å². The number of carbonyl (C=O) groups excluding carboxylic acids is 1. The first kappa shape index (κ1) is 18.1. The first-order valence-corrected chi connectivity index (χ1v) is 8.79. The summed E-state index contributed by atoms with van der Waals surface area (Å²) >= 11 is 1.32. The van der Waals surface area contributed by atoms with Crippen LogP contribution in [0.4, 0.5) is 0 Å². The first-order chi connectivity index (χ1) is 11.4. The van der Waals surface area contributed by atoms with Crippen molar-refractivity contribution in [2.75, 3.05) is 6.54 Å². The smallest absolute Gasteiger partial charge is 0.311 e. The number of nitrogens with zero attached hydrogens (tertiary/aromatic N) is 1. The molecular weight excluding hydrogens is 324 g/mol. The van der Waals surface area contributed by atoms with Crippen LogP contribution < -0.4 is 5.32 Å². The third-order valence-corrected chi connectivity index (χ3v) is 5.35. The number of carboxylic acid groups (broad SMARTS) is 1. The molecule has 0 unspecified atom stereocenters. The topological polar surface area (TPSA) is 79.3 Å². The van der Waals surface area contributed by atoms with Crippen molar-refractivity contribution in [2.45, 2.75) is 33.6 Å². The number of carbonyl (C=O) groups is 2. The molecule has 0 atom stereocenters. The Balaban J connectivity index is 2.24. The SMILES string of the molecule is CCC(CC)(CNC(=O)c1sc(C)nc1-c1ccccc1)C(=O)O. The average molecular weight is 346 g/mol. The van der Waals surface area contributed by atoms with Gasteiger partial charge in [0.1, 0.15) is 4.88 Å². The lowest BCUT2D eigenvalue weighted by molar-refractivity contribution is -0.149. The molecular formula is C18H22N2O3S. The number of amides is 1. The molecule has 0 aliphatic rings. The number of rotatable bonds is 7. The Labute approximate surface area is 145 Å². The second kappa shape index (κ2) is 7.57. The molecule has 5 nitrogen and oxygen atoms in total. The highest BCUT2D eigenvalue weighted by Gasteiger charge is 2.35. The molecule has 0 saturated carbocycles. The number of benzene rings is 1. The fraction of sp³-hybridized carbons (Fsp3) is 0.389. The van der Waals surface area contributed by atoms with Crippen LogP contribution >= 0.6 is 11.3 Å². The number of hydrogen-bond acceptors (Lipinski definition) is 4. The van der Waals surface area contributed by atoms with Gasteiger partial charge in [-0.15, -0.1) is 11.3 Å². The zero-order chi connectivity index (χ0) is 17.7. The van der Waals surface area contributed by atoms with Crippen molar-refractivity contribution in [1.82, 2.24) is 10.3 Å². The molecule has 0 aliphatic carbocycles. The molecule has 0 aliphatic heterocycles. The predicted octanol–water partition coefficient (Wildman–Crippen LogP) is 3.74. The Kier molecular flexibility index (Phi) is 5.72. The molecule has 2 aromatic rings. The zero-order valence-corrected chi connectivity index (χ0v) is 14.9. The standard InChI is InChI=1S/C18H22N2O3S/c1-4-18(5-2,17(22)23)11-19-16(21)15-14(20-12(3)24-15)13-9-7-6-8-10-13/h6-10H,4-5,11H2,1-3H3,(H,19,21)(H,22,23). The largest absolute Gasteiger partial charge is 0.481 e. The monoisotopic (exact) mass is 346 g/mol. The molecule has 1 amide bonds. The van der Waals surface area contributed by atoms with Crippen LogP contribution in [0.5, 0.6) is 0 Å². The lowest BCUT2D eigenvalue weighted by Crippen LogP contribution is -2.42. The van der Waals surface area contributed by atoms with Crippen LogP contribution in [0.1, 0.15) is 41.4 Å². The van der Waals surface area contributed by atoms with Crippen molar-refractivity contribution >= 4 is 23.2 Å². The number of nitrogens with one attached hydrogen (secondary N) is 1. The molecule has 0 bridgehead atoms. The molecule has 0 radical (unpaired) electrons. The van der Waals surface area contributed by atoms with E-state index in [1.807, 2.05) is 51.1 Å². The molecule has 2 N–H and O–H groups in total. The molecule has 2 rings (SSSR count). The molecule has 1 aromatic heterocycles. The van der Waals surface area contributed by atoms with E-state index in [1.165, 1.54) is 11.3 Å². The van der Waals surface area contributed by atoms with Crippen LogP contribution in [0.25, 0.3) is 11.3 Å². The van der Waals surface area contributed by atoms with E-state index < -0.39 is 11.4 Å². The Morgan fingerprint density at radius 3 is 2.38 bits per heavy atom. The normalized spacial score (nSPS) is 11.3. The third-order valence-electron chi connectivity index (χ3n) is 4.38. The Morgan fingerprint density at radius 2 is 1.83 bits per heavy atom. The minimum Gasteiger partial charge on any atom is -0.481 e. The van der Waals surface area contributed by atoms with Crippen molar-refractivity contribution in [3.63, 3.8) is 0 Å². The molecule has 24 heavy (non-hydrogen) atoms. The van der Waals surface area contributed by atoms with Gasteiger partial charge in [0, 0.05) is 12.1 Å². The quantitative estimate of drug-likeness (QED) is 0.800. The maximum atomic E-state index is 12.6. The van der Waals surface area contributed by atoms with E-state index >= 15 is 0 Å². The van der Waals surface area contributed by atoms with Crippen molar-refractivity contribution in [2.24, 2.45) is 5.41 Å². The number of hydrogen-bond donors (Lipinski definition) is 2. The van der Waals surface area contributed by atoms with Gasteiger partial charge in [0.05, 0.1) is 16.1 Å². The van der Waals surface area contributed by atoms with Gasteiger partial charge in [-0.05, 0) is 19.8 Å². The summed E-state index contributed by atoms with van der Waals surface area (Å²) in [6, 6.07) is 9.52. The van der Waals surface area contributed by atoms with Gasteiger partial charge in [-0.1, -0.05) is 44.2 Å². The number of aliphatic carboxylic acids is 1. The molecule has 128 valence electrons. The molecule has 0 fully saturated rings. The number of carboxylic acids is 1. The lowest BCUT2D eigenvalue weighted by atomic mass is 9.82. The highest BCUT2D eigenvalue weighted by Crippen LogP contribution is 2.29. The molecule has 1 aromatic carbocycles. The Bertz CT molecular complexity index is 721. The molecule has 6 heteroatoms. The summed E-state index contributed by atoms with van der Waals surface area (Å²) in [5, 5.41) is 13.1. The maximum absolute atomic E-state index is 12.6. The fourth-order valence-electron chi connectivity index (χ4n) is 2.58. The Morgan fingerprint density at radius 1 is 1.21 bits per heavy atom. The maximum Gasteiger partial charge on any atom is 0.311 e. The van der Waals surface area contributed by atoms with Gasteiger partial charge >= 0.3 is 5.97 Å². The van der Waals surface area contributed by atoms with Crippen molar-refractivity contribution < 1.29 is 14.7 Å². The van der Waals surface area contributed by atoms with Crippen LogP contribution in [-0.4, -0.2) is 28.5 Å². The summed E-state index contributed by atoms with van der Waals surface area (Å²) in [6.45, 7) is 5.62. The molecule has 0 spiro atoms. The van der Waals surface area contributed by atoms with E-state index in [0.29, 0.717) is 23.4 Å². The van der Waals surface area contributed by atoms with E-state index in [9.17, 15) is 14.7 Å². The summed E-state index contributed by atoms with van der Waals surface area (Å²) in [4.78, 5) is 29.2. The van der Waals surface area contributed by atoms with Gasteiger partial charge in [-0.2, -0.15) is 0 Å². The van der Waals surface area contributed by atoms with Crippen LogP contribution in [0.2, 0.25) is 0 Å². The first-order valence-electron chi connectivity index (χ1n) is 7.98. The van der Waals surface area contributed by atoms with Gasteiger partial charge in [0.2, 0.25) is 0 Å². The van der Waals surface area contributed by atoms with E-state index in [-0.39, 0.29) is 12.5 Å². The third kappa shape index (κ3) is 3.64.